The molecule has 5 nitrogen and oxygen atoms in total. The average Bonchev–Trinajstić information content (AvgIpc) is 2.74. The van der Waals surface area contributed by atoms with E-state index in [9.17, 15) is 14.7 Å². The maximum absolute atomic E-state index is 12.6. The maximum atomic E-state index is 12.6. The van der Waals surface area contributed by atoms with Crippen molar-refractivity contribution in [3.05, 3.63) is 63.2 Å². The molecule has 2 aromatic rings. The van der Waals surface area contributed by atoms with Gasteiger partial charge in [0.1, 0.15) is 16.5 Å². The number of aromatic hydroxyl groups is 1. The zero-order valence-electron chi connectivity index (χ0n) is 11.9. The third-order valence-electron chi connectivity index (χ3n) is 3.31. The topological polar surface area (TPSA) is 69.6 Å². The molecule has 1 aliphatic heterocycles. The first-order valence-corrected chi connectivity index (χ1v) is 7.82. The highest BCUT2D eigenvalue weighted by molar-refractivity contribution is 6.54. The van der Waals surface area contributed by atoms with Gasteiger partial charge in [0.15, 0.2) is 0 Å². The van der Waals surface area contributed by atoms with Crippen molar-refractivity contribution in [2.24, 2.45) is 0 Å². The SMILES string of the molecule is O=C1C(Cl)=C(Nc2cccc(O)c2)C(=O)N1c1cccc(Cl)c1Cl. The quantitative estimate of drug-likeness (QED) is 0.782. The van der Waals surface area contributed by atoms with Gasteiger partial charge in [-0.15, -0.1) is 0 Å². The predicted octanol–water partition coefficient (Wildman–Crippen LogP) is 4.13. The second kappa shape index (κ2) is 6.36. The van der Waals surface area contributed by atoms with Gasteiger partial charge >= 0.3 is 0 Å². The number of amides is 2. The number of carbonyl (C=O) groups is 2. The molecule has 0 aliphatic carbocycles. The highest BCUT2D eigenvalue weighted by atomic mass is 35.5. The maximum Gasteiger partial charge on any atom is 0.283 e. The number of nitrogens with one attached hydrogen (secondary N) is 1. The van der Waals surface area contributed by atoms with E-state index in [1.165, 1.54) is 18.2 Å². The Morgan fingerprint density at radius 2 is 1.67 bits per heavy atom. The highest BCUT2D eigenvalue weighted by Crippen LogP contribution is 2.37. The molecule has 8 heteroatoms. The second-order valence-electron chi connectivity index (χ2n) is 4.88. The van der Waals surface area contributed by atoms with Gasteiger partial charge in [0, 0.05) is 11.8 Å². The number of anilines is 2. The average molecular weight is 384 g/mol. The summed E-state index contributed by atoms with van der Waals surface area (Å²) in [5.74, 6) is -1.38. The zero-order chi connectivity index (χ0) is 17.4. The molecule has 0 saturated heterocycles. The Hall–Kier alpha value is -2.21. The van der Waals surface area contributed by atoms with Crippen LogP contribution in [-0.4, -0.2) is 16.9 Å². The lowest BCUT2D eigenvalue weighted by Crippen LogP contribution is -2.32. The summed E-state index contributed by atoms with van der Waals surface area (Å²) >= 11 is 18.0. The van der Waals surface area contributed by atoms with Crippen LogP contribution in [0.5, 0.6) is 5.75 Å². The van der Waals surface area contributed by atoms with E-state index >= 15 is 0 Å². The van der Waals surface area contributed by atoms with E-state index in [-0.39, 0.29) is 32.2 Å². The smallest absolute Gasteiger partial charge is 0.283 e. The van der Waals surface area contributed by atoms with Gasteiger partial charge in [-0.2, -0.15) is 0 Å². The van der Waals surface area contributed by atoms with Crippen molar-refractivity contribution in [1.82, 2.24) is 0 Å². The summed E-state index contributed by atoms with van der Waals surface area (Å²) < 4.78 is 0. The minimum Gasteiger partial charge on any atom is -0.508 e. The first-order chi connectivity index (χ1) is 11.4. The Kier molecular flexibility index (Phi) is 4.41. The van der Waals surface area contributed by atoms with E-state index in [0.717, 1.165) is 4.90 Å². The third kappa shape index (κ3) is 2.82. The number of imide groups is 1. The van der Waals surface area contributed by atoms with Gasteiger partial charge in [-0.1, -0.05) is 46.9 Å². The van der Waals surface area contributed by atoms with Crippen molar-refractivity contribution in [1.29, 1.82) is 0 Å². The fourth-order valence-corrected chi connectivity index (χ4v) is 2.82. The number of phenols is 1. The minimum absolute atomic E-state index is 0.00300. The first-order valence-electron chi connectivity index (χ1n) is 6.69. The molecular weight excluding hydrogens is 375 g/mol. The summed E-state index contributed by atoms with van der Waals surface area (Å²) in [7, 11) is 0. The fraction of sp³-hybridized carbons (Fsp3) is 0. The Bertz CT molecular complexity index is 896. The summed E-state index contributed by atoms with van der Waals surface area (Å²) in [5, 5.41) is 12.2. The van der Waals surface area contributed by atoms with Gasteiger partial charge in [0.05, 0.1) is 15.7 Å². The van der Waals surface area contributed by atoms with Crippen LogP contribution in [0.1, 0.15) is 0 Å². The van der Waals surface area contributed by atoms with Crippen LogP contribution in [0.4, 0.5) is 11.4 Å². The lowest BCUT2D eigenvalue weighted by molar-refractivity contribution is -0.120. The molecule has 2 aromatic carbocycles. The van der Waals surface area contributed by atoms with E-state index in [1.807, 2.05) is 0 Å². The van der Waals surface area contributed by atoms with Crippen LogP contribution >= 0.6 is 34.8 Å². The lowest BCUT2D eigenvalue weighted by atomic mass is 10.2. The molecule has 0 aromatic heterocycles. The molecule has 1 aliphatic rings. The number of halogens is 3. The molecule has 2 amide bonds. The summed E-state index contributed by atoms with van der Waals surface area (Å²) in [5.41, 5.74) is 0.441. The Morgan fingerprint density at radius 1 is 0.958 bits per heavy atom. The highest BCUT2D eigenvalue weighted by Gasteiger charge is 2.40. The number of carbonyl (C=O) groups excluding carboxylic acids is 2. The number of hydrogen-bond donors (Lipinski definition) is 2. The summed E-state index contributed by atoms with van der Waals surface area (Å²) in [6.07, 6.45) is 0. The van der Waals surface area contributed by atoms with Crippen molar-refractivity contribution in [3.8, 4) is 5.75 Å². The molecule has 24 heavy (non-hydrogen) atoms. The molecule has 0 unspecified atom stereocenters. The van der Waals surface area contributed by atoms with Crippen molar-refractivity contribution >= 4 is 58.0 Å². The van der Waals surface area contributed by atoms with Crippen molar-refractivity contribution in [2.75, 3.05) is 10.2 Å². The van der Waals surface area contributed by atoms with Crippen molar-refractivity contribution < 1.29 is 14.7 Å². The van der Waals surface area contributed by atoms with Gasteiger partial charge in [-0.25, -0.2) is 4.90 Å². The van der Waals surface area contributed by atoms with Crippen LogP contribution in [0, 0.1) is 0 Å². The van der Waals surface area contributed by atoms with Gasteiger partial charge in [-0.05, 0) is 24.3 Å². The molecule has 0 saturated carbocycles. The largest absolute Gasteiger partial charge is 0.508 e. The number of nitrogens with zero attached hydrogens (tertiary/aromatic N) is 1. The van der Waals surface area contributed by atoms with E-state index in [4.69, 9.17) is 34.8 Å². The van der Waals surface area contributed by atoms with Crippen LogP contribution < -0.4 is 10.2 Å². The standard InChI is InChI=1S/C16H9Cl3N2O3/c17-10-5-2-6-11(12(10)18)21-15(23)13(19)14(16(21)24)20-8-3-1-4-9(22)7-8/h1-7,20,22H. The molecule has 2 N–H and O–H groups in total. The normalized spacial score (nSPS) is 14.5. The fourth-order valence-electron chi connectivity index (χ4n) is 2.22. The second-order valence-corrected chi connectivity index (χ2v) is 6.05. The molecule has 0 fully saturated rings. The molecule has 0 bridgehead atoms. The molecule has 122 valence electrons. The van der Waals surface area contributed by atoms with Gasteiger partial charge in [0.25, 0.3) is 11.8 Å². The Morgan fingerprint density at radius 3 is 2.38 bits per heavy atom. The molecule has 3 rings (SSSR count). The van der Waals surface area contributed by atoms with E-state index in [0.29, 0.717) is 5.69 Å². The lowest BCUT2D eigenvalue weighted by Gasteiger charge is -2.17. The number of rotatable bonds is 3. The Balaban J connectivity index is 1.97. The third-order valence-corrected chi connectivity index (χ3v) is 4.47. The van der Waals surface area contributed by atoms with Gasteiger partial charge < -0.3 is 10.4 Å². The van der Waals surface area contributed by atoms with E-state index in [2.05, 4.69) is 5.32 Å². The van der Waals surface area contributed by atoms with Crippen LogP contribution in [-0.2, 0) is 9.59 Å². The van der Waals surface area contributed by atoms with Crippen LogP contribution in [0.25, 0.3) is 0 Å². The molecule has 1 heterocycles. The number of phenolic OH excluding ortho intramolecular Hbond substituents is 1. The summed E-state index contributed by atoms with van der Waals surface area (Å²) in [6.45, 7) is 0. The van der Waals surface area contributed by atoms with Crippen molar-refractivity contribution in [3.63, 3.8) is 0 Å². The Labute approximate surface area is 152 Å². The first kappa shape index (κ1) is 16.6. The van der Waals surface area contributed by atoms with Crippen LogP contribution in [0.2, 0.25) is 10.0 Å². The van der Waals surface area contributed by atoms with E-state index < -0.39 is 11.8 Å². The number of benzene rings is 2. The monoisotopic (exact) mass is 382 g/mol. The van der Waals surface area contributed by atoms with Gasteiger partial charge in [0.2, 0.25) is 0 Å². The molecule has 0 atom stereocenters. The van der Waals surface area contributed by atoms with E-state index in [1.54, 1.807) is 24.3 Å². The van der Waals surface area contributed by atoms with Crippen LogP contribution in [0.3, 0.4) is 0 Å². The van der Waals surface area contributed by atoms with Gasteiger partial charge in [-0.3, -0.25) is 9.59 Å². The molecule has 0 spiro atoms. The predicted molar refractivity (Wildman–Crippen MR) is 93.6 cm³/mol. The summed E-state index contributed by atoms with van der Waals surface area (Å²) in [4.78, 5) is 25.8. The summed E-state index contributed by atoms with van der Waals surface area (Å²) in [6, 6.07) is 10.7. The molecule has 0 radical (unpaired) electrons. The zero-order valence-corrected chi connectivity index (χ0v) is 14.2. The van der Waals surface area contributed by atoms with Crippen molar-refractivity contribution in [2.45, 2.75) is 0 Å². The van der Waals surface area contributed by atoms with Crippen LogP contribution in [0.15, 0.2) is 53.2 Å². The molecular formula is C16H9Cl3N2O3. The minimum atomic E-state index is -0.714. The number of hydrogen-bond acceptors (Lipinski definition) is 4.